The number of hydrogen-bond donors (Lipinski definition) is 5. The number of esters is 2. The quantitative estimate of drug-likeness (QED) is 0.0743. The Morgan fingerprint density at radius 2 is 1.10 bits per heavy atom. The second-order valence-electron chi connectivity index (χ2n) is 16.9. The van der Waals surface area contributed by atoms with Crippen LogP contribution in [-0.4, -0.2) is 66.3 Å². The van der Waals surface area contributed by atoms with Crippen LogP contribution in [0.25, 0.3) is 0 Å². The highest BCUT2D eigenvalue weighted by molar-refractivity contribution is 6.62. The minimum atomic E-state index is -0.971. The average molecular weight is 873 g/mol. The van der Waals surface area contributed by atoms with Gasteiger partial charge < -0.3 is 45.0 Å². The maximum absolute atomic E-state index is 12.8. The minimum Gasteiger partial charge on any atom is -0.481 e. The van der Waals surface area contributed by atoms with Gasteiger partial charge in [-0.05, 0) is 84.1 Å². The third-order valence-electron chi connectivity index (χ3n) is 10.4. The lowest BCUT2D eigenvalue weighted by Crippen LogP contribution is -2.34. The molecule has 0 saturated carbocycles. The van der Waals surface area contributed by atoms with Crippen LogP contribution in [0.15, 0.2) is 72.8 Å². The van der Waals surface area contributed by atoms with Crippen LogP contribution in [0.1, 0.15) is 111 Å². The molecule has 0 fully saturated rings. The number of nitrogens with one attached hydrogen (secondary N) is 1. The molecule has 6 rings (SSSR count). The fraction of sp³-hybridized carbons (Fsp3) is 0.391. The first-order chi connectivity index (χ1) is 28.5. The van der Waals surface area contributed by atoms with E-state index in [2.05, 4.69) is 5.32 Å². The number of fused-ring (bicyclic) bond motifs is 2. The van der Waals surface area contributed by atoms with E-state index >= 15 is 0 Å². The van der Waals surface area contributed by atoms with Crippen molar-refractivity contribution in [1.82, 2.24) is 5.32 Å². The number of hydrogen-bond acceptors (Lipinski definition) is 11. The molecule has 4 aromatic rings. The van der Waals surface area contributed by atoms with Crippen molar-refractivity contribution in [1.29, 1.82) is 0 Å². The van der Waals surface area contributed by atoms with Gasteiger partial charge in [0.15, 0.2) is 0 Å². The molecular formula is C46H59B2ClN2O11. The number of carboxylic acid groups (broad SMARTS) is 1. The van der Waals surface area contributed by atoms with Crippen LogP contribution in [0.4, 0.5) is 0 Å². The zero-order valence-corrected chi connectivity index (χ0v) is 38.0. The number of rotatable bonds is 11. The maximum Gasteiger partial charge on any atom is 0.492 e. The van der Waals surface area contributed by atoms with Gasteiger partial charge in [-0.25, -0.2) is 0 Å². The summed E-state index contributed by atoms with van der Waals surface area (Å²) in [4.78, 5) is 46.5. The molecule has 0 saturated heterocycles. The molecule has 0 aromatic heterocycles. The number of benzene rings is 4. The van der Waals surface area contributed by atoms with Crippen molar-refractivity contribution in [3.63, 3.8) is 0 Å². The monoisotopic (exact) mass is 872 g/mol. The largest absolute Gasteiger partial charge is 0.492 e. The Labute approximate surface area is 371 Å². The van der Waals surface area contributed by atoms with Gasteiger partial charge in [-0.3, -0.25) is 19.2 Å². The van der Waals surface area contributed by atoms with Crippen LogP contribution < -0.4 is 31.4 Å². The number of aliphatic carboxylic acids is 1. The molecule has 332 valence electrons. The number of amides is 1. The van der Waals surface area contributed by atoms with E-state index in [0.29, 0.717) is 18.0 Å². The normalized spacial score (nSPS) is 15.1. The van der Waals surface area contributed by atoms with E-state index in [-0.39, 0.29) is 49.9 Å². The fourth-order valence-corrected chi connectivity index (χ4v) is 8.29. The lowest BCUT2D eigenvalue weighted by atomic mass is 9.78. The van der Waals surface area contributed by atoms with Gasteiger partial charge in [0.25, 0.3) is 0 Å². The Morgan fingerprint density at radius 1 is 0.694 bits per heavy atom. The minimum absolute atomic E-state index is 0. The Kier molecular flexibility index (Phi) is 18.1. The molecule has 0 bridgehead atoms. The van der Waals surface area contributed by atoms with Gasteiger partial charge in [0, 0.05) is 55.3 Å². The Bertz CT molecular complexity index is 2250. The summed E-state index contributed by atoms with van der Waals surface area (Å²) in [7, 11) is -1.77. The van der Waals surface area contributed by atoms with Crippen LogP contribution >= 0.6 is 12.4 Å². The summed E-state index contributed by atoms with van der Waals surface area (Å²) in [6.07, 6.45) is -0.343. The number of carbonyl (C=O) groups excluding carboxylic acids is 3. The summed E-state index contributed by atoms with van der Waals surface area (Å²) < 4.78 is 21.5. The van der Waals surface area contributed by atoms with E-state index in [0.717, 1.165) is 55.4 Å². The predicted molar refractivity (Wildman–Crippen MR) is 242 cm³/mol. The highest BCUT2D eigenvalue weighted by Gasteiger charge is 2.36. The van der Waals surface area contributed by atoms with Crippen LogP contribution in [0, 0.1) is 27.7 Å². The molecule has 0 aliphatic carbocycles. The highest BCUT2D eigenvalue weighted by Crippen LogP contribution is 2.39. The van der Waals surface area contributed by atoms with Crippen LogP contribution in [0.3, 0.4) is 0 Å². The summed E-state index contributed by atoms with van der Waals surface area (Å²) in [5.74, 6) is -0.866. The van der Waals surface area contributed by atoms with Crippen molar-refractivity contribution in [3.05, 3.63) is 117 Å². The SMILES string of the molecule is CC(=O)Oc1cc(C)cc(C)c1C(C)(C)CC(=O)NCC1OB(O)c2ccccc21.CC(=O)Oc1cc(C)cc(C)c1C(C)(C)CC(=O)O.Cl.NCC1OB(O)c2ccccc21. The van der Waals surface area contributed by atoms with Crippen molar-refractivity contribution in [3.8, 4) is 11.5 Å². The average Bonchev–Trinajstić information content (AvgIpc) is 3.64. The number of halogens is 1. The Morgan fingerprint density at radius 3 is 1.52 bits per heavy atom. The van der Waals surface area contributed by atoms with E-state index in [1.165, 1.54) is 13.8 Å². The van der Waals surface area contributed by atoms with Gasteiger partial charge in [-0.15, -0.1) is 12.4 Å². The zero-order chi connectivity index (χ0) is 45.4. The lowest BCUT2D eigenvalue weighted by molar-refractivity contribution is -0.138. The first-order valence-corrected chi connectivity index (χ1v) is 20.2. The van der Waals surface area contributed by atoms with E-state index in [1.807, 2.05) is 122 Å². The van der Waals surface area contributed by atoms with Crippen LogP contribution in [-0.2, 0) is 39.3 Å². The molecule has 0 radical (unpaired) electrons. The second kappa shape index (κ2) is 21.9. The zero-order valence-electron chi connectivity index (χ0n) is 37.2. The fourth-order valence-electron chi connectivity index (χ4n) is 8.29. The van der Waals surface area contributed by atoms with E-state index in [9.17, 15) is 29.2 Å². The van der Waals surface area contributed by atoms with E-state index < -0.39 is 43.0 Å². The first kappa shape index (κ1) is 51.3. The molecule has 13 nitrogen and oxygen atoms in total. The molecule has 2 unspecified atom stereocenters. The summed E-state index contributed by atoms with van der Waals surface area (Å²) in [5, 5.41) is 31.4. The molecule has 62 heavy (non-hydrogen) atoms. The van der Waals surface area contributed by atoms with Crippen LogP contribution in [0.2, 0.25) is 0 Å². The lowest BCUT2D eigenvalue weighted by Gasteiger charge is -2.29. The molecule has 2 aliphatic rings. The van der Waals surface area contributed by atoms with Crippen molar-refractivity contribution in [2.24, 2.45) is 5.73 Å². The van der Waals surface area contributed by atoms with Gasteiger partial charge in [0.2, 0.25) is 5.91 Å². The summed E-state index contributed by atoms with van der Waals surface area (Å²) in [6, 6.07) is 22.6. The molecule has 6 N–H and O–H groups in total. The van der Waals surface area contributed by atoms with Crippen molar-refractivity contribution in [2.75, 3.05) is 13.1 Å². The Balaban J connectivity index is 0.000000272. The first-order valence-electron chi connectivity index (χ1n) is 20.2. The number of carbonyl (C=O) groups is 4. The molecule has 16 heteroatoms. The summed E-state index contributed by atoms with van der Waals surface area (Å²) in [5.41, 5.74) is 13.3. The standard InChI is InChI=1S/C23H28BNO5.C15H20O4.C8H10BNO2.ClH/c1-14-10-15(2)22(19(11-14)29-16(3)26)23(4,5)12-21(27)25-13-20-17-8-6-7-9-18(17)24(28)30-20;1-9-6-10(2)14(12(7-9)19-11(3)16)15(4,5)8-13(17)18;10-5-8-6-3-1-2-4-7(6)9(11)12-8;/h6-11,20,28H,12-13H2,1-5H3,(H,25,27);6-7H,8H2,1-5H3,(H,17,18);1-4,8,11H,5,10H2;1H. The topological polar surface area (TPSA) is 204 Å². The molecule has 1 amide bonds. The second-order valence-corrected chi connectivity index (χ2v) is 16.9. The van der Waals surface area contributed by atoms with Gasteiger partial charge in [0.1, 0.15) is 11.5 Å². The number of ether oxygens (including phenoxy) is 2. The third kappa shape index (κ3) is 13.2. The van der Waals surface area contributed by atoms with Crippen molar-refractivity contribution >= 4 is 61.4 Å². The van der Waals surface area contributed by atoms with Crippen LogP contribution in [0.5, 0.6) is 11.5 Å². The van der Waals surface area contributed by atoms with Gasteiger partial charge in [-0.2, -0.15) is 0 Å². The molecule has 2 heterocycles. The number of nitrogens with two attached hydrogens (primary N) is 1. The number of carboxylic acids is 1. The smallest absolute Gasteiger partial charge is 0.481 e. The third-order valence-corrected chi connectivity index (χ3v) is 10.4. The van der Waals surface area contributed by atoms with Gasteiger partial charge >= 0.3 is 32.1 Å². The van der Waals surface area contributed by atoms with Gasteiger partial charge in [-0.1, -0.05) is 88.4 Å². The molecule has 2 aliphatic heterocycles. The van der Waals surface area contributed by atoms with Crippen molar-refractivity contribution in [2.45, 2.75) is 105 Å². The van der Waals surface area contributed by atoms with E-state index in [1.54, 1.807) is 6.07 Å². The van der Waals surface area contributed by atoms with E-state index in [4.69, 9.17) is 29.6 Å². The Hall–Kier alpha value is -5.02. The highest BCUT2D eigenvalue weighted by atomic mass is 35.5. The number of aryl methyl sites for hydroxylation is 4. The molecule has 2 atom stereocenters. The van der Waals surface area contributed by atoms with Crippen molar-refractivity contribution < 1.29 is 53.1 Å². The predicted octanol–water partition coefficient (Wildman–Crippen LogP) is 5.28. The molecule has 0 spiro atoms. The summed E-state index contributed by atoms with van der Waals surface area (Å²) >= 11 is 0. The maximum atomic E-state index is 12.8. The van der Waals surface area contributed by atoms with Gasteiger partial charge in [0.05, 0.1) is 18.6 Å². The molecule has 4 aromatic carbocycles. The summed E-state index contributed by atoms with van der Waals surface area (Å²) in [6.45, 7) is 18.7. The molecular weight excluding hydrogens is 814 g/mol.